The van der Waals surface area contributed by atoms with Crippen LogP contribution >= 0.6 is 0 Å². The Labute approximate surface area is 246 Å². The van der Waals surface area contributed by atoms with Gasteiger partial charge in [0.15, 0.2) is 5.96 Å². The summed E-state index contributed by atoms with van der Waals surface area (Å²) in [6.45, 7) is 12.0. The number of guanidine groups is 1. The quantitative estimate of drug-likeness (QED) is 0.0973. The molecule has 0 bridgehead atoms. The highest BCUT2D eigenvalue weighted by molar-refractivity contribution is 5.99. The van der Waals surface area contributed by atoms with Crippen molar-refractivity contribution in [2.75, 3.05) is 13.1 Å². The van der Waals surface area contributed by atoms with Crippen LogP contribution in [-0.2, 0) is 31.6 Å². The molecular formula is C29H44N8O5. The first kappa shape index (κ1) is 33.8. The van der Waals surface area contributed by atoms with Crippen molar-refractivity contribution in [1.29, 1.82) is 5.41 Å². The summed E-state index contributed by atoms with van der Waals surface area (Å²) >= 11 is 0. The number of carbonyl (C=O) groups excluding carboxylic acids is 3. The second kappa shape index (κ2) is 14.5. The van der Waals surface area contributed by atoms with E-state index in [1.54, 1.807) is 0 Å². The number of carbonyl (C=O) groups is 4. The molecule has 0 saturated carbocycles. The fraction of sp³-hybridized carbons (Fsp3) is 0.517. The second-order valence-electron chi connectivity index (χ2n) is 12.3. The van der Waals surface area contributed by atoms with Crippen LogP contribution in [0.15, 0.2) is 30.7 Å². The van der Waals surface area contributed by atoms with E-state index in [1.807, 2.05) is 12.1 Å². The molecule has 1 heterocycles. The number of hydrogen-bond acceptors (Lipinski definition) is 6. The van der Waals surface area contributed by atoms with Crippen LogP contribution in [0.25, 0.3) is 0 Å². The van der Waals surface area contributed by atoms with Crippen LogP contribution < -0.4 is 27.0 Å². The lowest BCUT2D eigenvalue weighted by atomic mass is 9.79. The number of nitrogens with one attached hydrogen (secondary N) is 6. The molecule has 0 radical (unpaired) electrons. The Balaban J connectivity index is 2.35. The number of hydrogen-bond donors (Lipinski definition) is 8. The summed E-state index contributed by atoms with van der Waals surface area (Å²) in [7, 11) is 0. The van der Waals surface area contributed by atoms with Gasteiger partial charge in [-0.1, -0.05) is 47.6 Å². The van der Waals surface area contributed by atoms with Crippen molar-refractivity contribution in [2.45, 2.75) is 83.7 Å². The minimum atomic E-state index is -1.23. The first-order valence-electron chi connectivity index (χ1n) is 13.8. The van der Waals surface area contributed by atoms with Gasteiger partial charge in [0.2, 0.25) is 11.8 Å². The molecule has 0 spiro atoms. The van der Waals surface area contributed by atoms with Crippen LogP contribution in [0.3, 0.4) is 0 Å². The van der Waals surface area contributed by atoms with E-state index >= 15 is 0 Å². The molecule has 1 aromatic carbocycles. The van der Waals surface area contributed by atoms with E-state index in [0.29, 0.717) is 17.7 Å². The molecule has 230 valence electrons. The van der Waals surface area contributed by atoms with Gasteiger partial charge in [0.1, 0.15) is 18.6 Å². The number of imidazole rings is 1. The van der Waals surface area contributed by atoms with Crippen LogP contribution in [0.4, 0.5) is 0 Å². The maximum atomic E-state index is 13.6. The van der Waals surface area contributed by atoms with Crippen molar-refractivity contribution in [2.24, 2.45) is 5.73 Å². The van der Waals surface area contributed by atoms with E-state index in [1.165, 1.54) is 12.5 Å². The van der Waals surface area contributed by atoms with Gasteiger partial charge in [0.25, 0.3) is 5.91 Å². The number of H-pyrrole nitrogens is 1. The lowest BCUT2D eigenvalue weighted by Gasteiger charge is -2.27. The van der Waals surface area contributed by atoms with Crippen LogP contribution in [0.1, 0.15) is 81.6 Å². The summed E-state index contributed by atoms with van der Waals surface area (Å²) in [5, 5.41) is 26.6. The topological polar surface area (TPSA) is 215 Å². The molecule has 0 fully saturated rings. The summed E-state index contributed by atoms with van der Waals surface area (Å²) in [5.74, 6) is -3.24. The normalized spacial score (nSPS) is 13.0. The van der Waals surface area contributed by atoms with Crippen molar-refractivity contribution in [3.05, 3.63) is 53.1 Å². The molecule has 3 amide bonds. The molecule has 13 nitrogen and oxygen atoms in total. The third-order valence-electron chi connectivity index (χ3n) is 6.56. The highest BCUT2D eigenvalue weighted by Gasteiger charge is 2.29. The van der Waals surface area contributed by atoms with Crippen LogP contribution in [0, 0.1) is 5.41 Å². The summed E-state index contributed by atoms with van der Waals surface area (Å²) < 4.78 is 0. The summed E-state index contributed by atoms with van der Waals surface area (Å²) in [6.07, 6.45) is 3.54. The average molecular weight is 585 g/mol. The van der Waals surface area contributed by atoms with Gasteiger partial charge in [-0.25, -0.2) is 4.98 Å². The lowest BCUT2D eigenvalue weighted by molar-refractivity contribution is -0.138. The number of amides is 3. The molecular weight excluding hydrogens is 540 g/mol. The molecule has 0 unspecified atom stereocenters. The zero-order chi connectivity index (χ0) is 31.7. The number of aromatic nitrogens is 2. The van der Waals surface area contributed by atoms with E-state index < -0.39 is 42.3 Å². The summed E-state index contributed by atoms with van der Waals surface area (Å²) in [5.41, 5.74) is 7.80. The predicted molar refractivity (Wildman–Crippen MR) is 159 cm³/mol. The third kappa shape index (κ3) is 10.9. The molecule has 13 heteroatoms. The summed E-state index contributed by atoms with van der Waals surface area (Å²) in [6, 6.07) is 3.55. The fourth-order valence-corrected chi connectivity index (χ4v) is 4.05. The number of rotatable bonds is 13. The van der Waals surface area contributed by atoms with Crippen LogP contribution in [0.2, 0.25) is 0 Å². The van der Waals surface area contributed by atoms with Gasteiger partial charge in [0, 0.05) is 30.4 Å². The molecule has 9 N–H and O–H groups in total. The highest BCUT2D eigenvalue weighted by atomic mass is 16.4. The SMILES string of the molecule is CC(C)(C)c1cc(C(=O)N[C@@H](Cc2cnc[nH]2)C(=O)N[C@@H](CCCNC(=N)N)C(=O)NCC(=O)O)cc(C(C)(C)C)c1. The number of aromatic amines is 1. The smallest absolute Gasteiger partial charge is 0.322 e. The maximum Gasteiger partial charge on any atom is 0.322 e. The minimum absolute atomic E-state index is 0.0675. The average Bonchev–Trinajstić information content (AvgIpc) is 3.40. The van der Waals surface area contributed by atoms with E-state index in [0.717, 1.165) is 11.1 Å². The summed E-state index contributed by atoms with van der Waals surface area (Å²) in [4.78, 5) is 57.9. The number of aliphatic carboxylic acids is 1. The van der Waals surface area contributed by atoms with Gasteiger partial charge in [-0.05, 0) is 46.9 Å². The Morgan fingerprint density at radius 2 is 1.57 bits per heavy atom. The van der Waals surface area contributed by atoms with Crippen molar-refractivity contribution in [1.82, 2.24) is 31.2 Å². The Morgan fingerprint density at radius 3 is 2.07 bits per heavy atom. The van der Waals surface area contributed by atoms with Crippen molar-refractivity contribution in [3.63, 3.8) is 0 Å². The molecule has 42 heavy (non-hydrogen) atoms. The van der Waals surface area contributed by atoms with Gasteiger partial charge in [-0.2, -0.15) is 0 Å². The predicted octanol–water partition coefficient (Wildman–Crippen LogP) is 1.29. The van der Waals surface area contributed by atoms with Crippen molar-refractivity contribution in [3.8, 4) is 0 Å². The van der Waals surface area contributed by atoms with Crippen molar-refractivity contribution < 1.29 is 24.3 Å². The Morgan fingerprint density at radius 1 is 0.952 bits per heavy atom. The second-order valence-corrected chi connectivity index (χ2v) is 12.3. The molecule has 2 aromatic rings. The van der Waals surface area contributed by atoms with Gasteiger partial charge >= 0.3 is 5.97 Å². The minimum Gasteiger partial charge on any atom is -0.480 e. The molecule has 2 rings (SSSR count). The number of nitrogens with zero attached hydrogens (tertiary/aromatic N) is 1. The zero-order valence-electron chi connectivity index (χ0n) is 25.2. The number of nitrogens with two attached hydrogens (primary N) is 1. The van der Waals surface area contributed by atoms with E-state index in [2.05, 4.69) is 78.8 Å². The van der Waals surface area contributed by atoms with Crippen LogP contribution in [-0.4, -0.2) is 69.9 Å². The Hall–Kier alpha value is -4.42. The van der Waals surface area contributed by atoms with Crippen molar-refractivity contribution >= 4 is 29.7 Å². The molecule has 0 aliphatic heterocycles. The monoisotopic (exact) mass is 584 g/mol. The fourth-order valence-electron chi connectivity index (χ4n) is 4.05. The first-order chi connectivity index (χ1) is 19.5. The molecule has 0 aliphatic carbocycles. The molecule has 0 saturated heterocycles. The third-order valence-corrected chi connectivity index (χ3v) is 6.56. The molecule has 0 aliphatic rings. The highest BCUT2D eigenvalue weighted by Crippen LogP contribution is 2.30. The molecule has 2 atom stereocenters. The zero-order valence-corrected chi connectivity index (χ0v) is 25.2. The van der Waals surface area contributed by atoms with Gasteiger partial charge in [0.05, 0.1) is 6.33 Å². The van der Waals surface area contributed by atoms with Gasteiger partial charge in [-0.15, -0.1) is 0 Å². The van der Waals surface area contributed by atoms with Gasteiger partial charge < -0.3 is 37.1 Å². The Bertz CT molecular complexity index is 1230. The standard InChI is InChI=1S/C29H44N8O5/c1-28(2,3)18-10-17(11-19(12-18)29(4,5)6)24(40)37-22(13-20-14-32-16-35-20)26(42)36-21(8-7-9-33-27(30)31)25(41)34-15-23(38)39/h10-12,14,16,21-22H,7-9,13,15H2,1-6H3,(H,32,35)(H,34,41)(H,36,42)(H,37,40)(H,38,39)(H4,30,31,33)/t21-,22-/m0/s1. The van der Waals surface area contributed by atoms with E-state index in [9.17, 15) is 19.2 Å². The van der Waals surface area contributed by atoms with Crippen LogP contribution in [0.5, 0.6) is 0 Å². The largest absolute Gasteiger partial charge is 0.480 e. The van der Waals surface area contributed by atoms with Gasteiger partial charge in [-0.3, -0.25) is 24.6 Å². The number of carboxylic acid groups (broad SMARTS) is 1. The lowest BCUT2D eigenvalue weighted by Crippen LogP contribution is -2.55. The molecule has 1 aromatic heterocycles. The first-order valence-corrected chi connectivity index (χ1v) is 13.8. The Kier molecular flexibility index (Phi) is 11.6. The van der Waals surface area contributed by atoms with E-state index in [-0.39, 0.29) is 36.2 Å². The number of carboxylic acids is 1. The maximum absolute atomic E-state index is 13.6. The van der Waals surface area contributed by atoms with E-state index in [4.69, 9.17) is 16.2 Å². The number of benzene rings is 1.